The van der Waals surface area contributed by atoms with Crippen LogP contribution in [0.2, 0.25) is 5.02 Å². The Morgan fingerprint density at radius 2 is 2.00 bits per heavy atom. The van der Waals surface area contributed by atoms with Gasteiger partial charge in [-0.15, -0.1) is 0 Å². The van der Waals surface area contributed by atoms with Crippen LogP contribution in [0.3, 0.4) is 0 Å². The number of rotatable bonds is 9. The lowest BCUT2D eigenvalue weighted by Gasteiger charge is -2.11. The van der Waals surface area contributed by atoms with E-state index < -0.39 is 0 Å². The maximum absolute atomic E-state index is 12.1. The van der Waals surface area contributed by atoms with Gasteiger partial charge in [-0.1, -0.05) is 31.0 Å². The maximum Gasteiger partial charge on any atom is 0.243 e. The lowest BCUT2D eigenvalue weighted by atomic mass is 10.3. The fraction of sp³-hybridized carbons (Fsp3) is 0.316. The van der Waals surface area contributed by atoms with Gasteiger partial charge < -0.3 is 20.1 Å². The predicted octanol–water partition coefficient (Wildman–Crippen LogP) is 4.58. The van der Waals surface area contributed by atoms with Gasteiger partial charge >= 0.3 is 0 Å². The van der Waals surface area contributed by atoms with Gasteiger partial charge in [0, 0.05) is 17.4 Å². The van der Waals surface area contributed by atoms with Crippen molar-refractivity contribution in [2.24, 2.45) is 0 Å². The molecule has 0 aliphatic carbocycles. The highest BCUT2D eigenvalue weighted by molar-refractivity contribution is 6.32. The number of benzene rings is 2. The van der Waals surface area contributed by atoms with E-state index in [0.717, 1.165) is 24.3 Å². The van der Waals surface area contributed by atoms with E-state index in [1.54, 1.807) is 25.3 Å². The van der Waals surface area contributed by atoms with E-state index in [0.29, 0.717) is 23.1 Å². The smallest absolute Gasteiger partial charge is 0.243 e. The topological polar surface area (TPSA) is 59.6 Å². The highest BCUT2D eigenvalue weighted by Gasteiger charge is 2.06. The summed E-state index contributed by atoms with van der Waals surface area (Å²) in [6.45, 7) is 2.96. The Labute approximate surface area is 153 Å². The van der Waals surface area contributed by atoms with Crippen molar-refractivity contribution in [2.45, 2.75) is 19.8 Å². The van der Waals surface area contributed by atoms with Gasteiger partial charge in [-0.25, -0.2) is 0 Å². The zero-order chi connectivity index (χ0) is 18.1. The third-order valence-corrected chi connectivity index (χ3v) is 3.78. The molecule has 0 heterocycles. The number of halogens is 1. The standard InChI is InChI=1S/C19H23ClN2O3/c1-3-4-10-25-16-7-5-6-14(11-16)21-13-19(23)22-15-8-9-18(24-2)17(20)12-15/h5-9,11-12,21H,3-4,10,13H2,1-2H3,(H,22,23). The molecule has 0 radical (unpaired) electrons. The number of hydrogen-bond acceptors (Lipinski definition) is 4. The molecule has 0 spiro atoms. The average molecular weight is 363 g/mol. The van der Waals surface area contributed by atoms with Gasteiger partial charge in [0.25, 0.3) is 0 Å². The second kappa shape index (κ2) is 9.79. The van der Waals surface area contributed by atoms with Crippen molar-refractivity contribution in [3.8, 4) is 11.5 Å². The number of hydrogen-bond donors (Lipinski definition) is 2. The zero-order valence-corrected chi connectivity index (χ0v) is 15.2. The Morgan fingerprint density at radius 1 is 1.16 bits per heavy atom. The SMILES string of the molecule is CCCCOc1cccc(NCC(=O)Nc2ccc(OC)c(Cl)c2)c1. The molecule has 0 unspecified atom stereocenters. The summed E-state index contributed by atoms with van der Waals surface area (Å²) < 4.78 is 10.7. The second-order valence-electron chi connectivity index (χ2n) is 5.48. The summed E-state index contributed by atoms with van der Waals surface area (Å²) in [7, 11) is 1.55. The normalized spacial score (nSPS) is 10.2. The third kappa shape index (κ3) is 6.19. The minimum atomic E-state index is -0.168. The van der Waals surface area contributed by atoms with Crippen molar-refractivity contribution in [2.75, 3.05) is 30.9 Å². The number of methoxy groups -OCH3 is 1. The molecule has 0 bridgehead atoms. The van der Waals surface area contributed by atoms with Gasteiger partial charge in [0.1, 0.15) is 11.5 Å². The molecule has 0 atom stereocenters. The highest BCUT2D eigenvalue weighted by Crippen LogP contribution is 2.27. The second-order valence-corrected chi connectivity index (χ2v) is 5.89. The summed E-state index contributed by atoms with van der Waals surface area (Å²) in [5.74, 6) is 1.19. The lowest BCUT2D eigenvalue weighted by Crippen LogP contribution is -2.21. The number of anilines is 2. The molecule has 0 saturated heterocycles. The number of carbonyl (C=O) groups is 1. The molecule has 1 amide bonds. The van der Waals surface area contributed by atoms with E-state index >= 15 is 0 Å². The van der Waals surface area contributed by atoms with E-state index in [2.05, 4.69) is 17.6 Å². The van der Waals surface area contributed by atoms with Gasteiger partial charge in [-0.2, -0.15) is 0 Å². The first-order valence-corrected chi connectivity index (χ1v) is 8.60. The van der Waals surface area contributed by atoms with Crippen LogP contribution in [0.1, 0.15) is 19.8 Å². The fourth-order valence-electron chi connectivity index (χ4n) is 2.16. The molecule has 2 N–H and O–H groups in total. The minimum absolute atomic E-state index is 0.141. The average Bonchev–Trinajstić information content (AvgIpc) is 2.61. The first-order valence-electron chi connectivity index (χ1n) is 8.22. The van der Waals surface area contributed by atoms with Crippen molar-refractivity contribution in [3.05, 3.63) is 47.5 Å². The Morgan fingerprint density at radius 3 is 2.72 bits per heavy atom. The van der Waals surface area contributed by atoms with Crippen molar-refractivity contribution < 1.29 is 14.3 Å². The Bertz CT molecular complexity index is 707. The Hall–Kier alpha value is -2.40. The lowest BCUT2D eigenvalue weighted by molar-refractivity contribution is -0.114. The molecular formula is C19H23ClN2O3. The summed E-state index contributed by atoms with van der Waals surface area (Å²) in [5.41, 5.74) is 1.45. The van der Waals surface area contributed by atoms with Crippen LogP contribution in [0.15, 0.2) is 42.5 Å². The molecule has 2 aromatic rings. The van der Waals surface area contributed by atoms with Crippen molar-refractivity contribution in [3.63, 3.8) is 0 Å². The molecule has 134 valence electrons. The van der Waals surface area contributed by atoms with Gasteiger partial charge in [0.05, 0.1) is 25.3 Å². The molecule has 0 aromatic heterocycles. The minimum Gasteiger partial charge on any atom is -0.495 e. The number of carbonyl (C=O) groups excluding carboxylic acids is 1. The van der Waals surface area contributed by atoms with Gasteiger partial charge in [-0.05, 0) is 36.8 Å². The number of unbranched alkanes of at least 4 members (excludes halogenated alkanes) is 1. The molecule has 5 nitrogen and oxygen atoms in total. The van der Waals surface area contributed by atoms with Gasteiger partial charge in [0.2, 0.25) is 5.91 Å². The number of amides is 1. The molecule has 0 aliphatic rings. The summed E-state index contributed by atoms with van der Waals surface area (Å²) in [6, 6.07) is 12.7. The van der Waals surface area contributed by atoms with Crippen molar-refractivity contribution in [1.29, 1.82) is 0 Å². The first-order chi connectivity index (χ1) is 12.1. The van der Waals surface area contributed by atoms with Crippen LogP contribution in [-0.4, -0.2) is 26.2 Å². The molecule has 25 heavy (non-hydrogen) atoms. The predicted molar refractivity (Wildman–Crippen MR) is 102 cm³/mol. The molecule has 2 rings (SSSR count). The zero-order valence-electron chi connectivity index (χ0n) is 14.5. The van der Waals surface area contributed by atoms with Crippen LogP contribution in [0.4, 0.5) is 11.4 Å². The van der Waals surface area contributed by atoms with Crippen LogP contribution in [0.25, 0.3) is 0 Å². The molecule has 6 heteroatoms. The monoisotopic (exact) mass is 362 g/mol. The van der Waals surface area contributed by atoms with Gasteiger partial charge in [-0.3, -0.25) is 4.79 Å². The third-order valence-electron chi connectivity index (χ3n) is 3.49. The Balaban J connectivity index is 1.85. The molecule has 2 aromatic carbocycles. The summed E-state index contributed by atoms with van der Waals surface area (Å²) in [6.07, 6.45) is 2.11. The van der Waals surface area contributed by atoms with E-state index in [4.69, 9.17) is 21.1 Å². The molecule has 0 fully saturated rings. The summed E-state index contributed by atoms with van der Waals surface area (Å²) >= 11 is 6.05. The van der Waals surface area contributed by atoms with Crippen LogP contribution in [0.5, 0.6) is 11.5 Å². The molecular weight excluding hydrogens is 340 g/mol. The maximum atomic E-state index is 12.1. The van der Waals surface area contributed by atoms with E-state index in [-0.39, 0.29) is 12.5 Å². The Kier molecular flexibility index (Phi) is 7.41. The van der Waals surface area contributed by atoms with Crippen LogP contribution in [-0.2, 0) is 4.79 Å². The molecule has 0 saturated carbocycles. The van der Waals surface area contributed by atoms with E-state index in [1.807, 2.05) is 24.3 Å². The highest BCUT2D eigenvalue weighted by atomic mass is 35.5. The number of nitrogens with one attached hydrogen (secondary N) is 2. The van der Waals surface area contributed by atoms with Crippen molar-refractivity contribution in [1.82, 2.24) is 0 Å². The van der Waals surface area contributed by atoms with Gasteiger partial charge in [0.15, 0.2) is 0 Å². The summed E-state index contributed by atoms with van der Waals surface area (Å²) in [4.78, 5) is 12.1. The quantitative estimate of drug-likeness (QED) is 0.641. The van der Waals surface area contributed by atoms with Crippen molar-refractivity contribution >= 4 is 28.9 Å². The molecule has 0 aliphatic heterocycles. The van der Waals surface area contributed by atoms with E-state index in [9.17, 15) is 4.79 Å². The van der Waals surface area contributed by atoms with Crippen LogP contribution >= 0.6 is 11.6 Å². The number of ether oxygens (including phenoxy) is 2. The van der Waals surface area contributed by atoms with Crippen LogP contribution < -0.4 is 20.1 Å². The fourth-order valence-corrected chi connectivity index (χ4v) is 2.42. The van der Waals surface area contributed by atoms with Crippen LogP contribution in [0, 0.1) is 0 Å². The first kappa shape index (κ1) is 18.9. The van der Waals surface area contributed by atoms with E-state index in [1.165, 1.54) is 0 Å². The summed E-state index contributed by atoms with van der Waals surface area (Å²) in [5, 5.41) is 6.32. The largest absolute Gasteiger partial charge is 0.495 e.